The third-order valence-electron chi connectivity index (χ3n) is 3.90. The molecule has 2 aromatic carbocycles. The Morgan fingerprint density at radius 1 is 0.960 bits per heavy atom. The van der Waals surface area contributed by atoms with Crippen molar-refractivity contribution in [3.63, 3.8) is 0 Å². The Balaban J connectivity index is 1.62. The number of rotatable bonds is 8. The number of ether oxygens (including phenoxy) is 2. The van der Waals surface area contributed by atoms with Crippen molar-refractivity contribution in [3.05, 3.63) is 59.2 Å². The minimum atomic E-state index is -0.182. The topological polar surface area (TPSA) is 59.6 Å². The summed E-state index contributed by atoms with van der Waals surface area (Å²) in [4.78, 5) is 11.8. The van der Waals surface area contributed by atoms with E-state index in [0.29, 0.717) is 19.7 Å². The summed E-state index contributed by atoms with van der Waals surface area (Å²) in [6.07, 6.45) is 0.774. The van der Waals surface area contributed by atoms with Crippen LogP contribution in [0.3, 0.4) is 0 Å². The normalized spacial score (nSPS) is 10.2. The van der Waals surface area contributed by atoms with Crippen LogP contribution < -0.4 is 20.1 Å². The summed E-state index contributed by atoms with van der Waals surface area (Å²) in [6, 6.07) is 13.7. The highest BCUT2D eigenvalue weighted by atomic mass is 16.5. The first-order chi connectivity index (χ1) is 12.1. The first kappa shape index (κ1) is 18.6. The predicted molar refractivity (Wildman–Crippen MR) is 99.5 cm³/mol. The molecule has 134 valence electrons. The molecule has 2 rings (SSSR count). The number of carbonyl (C=O) groups is 1. The van der Waals surface area contributed by atoms with E-state index in [2.05, 4.69) is 10.6 Å². The minimum Gasteiger partial charge on any atom is -0.497 e. The average molecular weight is 342 g/mol. The van der Waals surface area contributed by atoms with Crippen molar-refractivity contribution in [3.8, 4) is 11.5 Å². The van der Waals surface area contributed by atoms with Gasteiger partial charge in [0.15, 0.2) is 0 Å². The molecule has 5 heteroatoms. The first-order valence-corrected chi connectivity index (χ1v) is 8.44. The molecule has 2 amide bonds. The second-order valence-electron chi connectivity index (χ2n) is 5.85. The zero-order valence-electron chi connectivity index (χ0n) is 15.1. The Labute approximate surface area is 149 Å². The van der Waals surface area contributed by atoms with Gasteiger partial charge in [-0.05, 0) is 49.1 Å². The summed E-state index contributed by atoms with van der Waals surface area (Å²) in [6.45, 7) is 5.51. The largest absolute Gasteiger partial charge is 0.497 e. The molecule has 0 fully saturated rings. The van der Waals surface area contributed by atoms with E-state index >= 15 is 0 Å². The van der Waals surface area contributed by atoms with E-state index < -0.39 is 0 Å². The molecule has 2 N–H and O–H groups in total. The second-order valence-corrected chi connectivity index (χ2v) is 5.85. The van der Waals surface area contributed by atoms with Crippen molar-refractivity contribution in [2.24, 2.45) is 0 Å². The van der Waals surface area contributed by atoms with Crippen LogP contribution >= 0.6 is 0 Å². The third kappa shape index (κ3) is 6.03. The zero-order chi connectivity index (χ0) is 18.1. The Morgan fingerprint density at radius 2 is 1.60 bits per heavy atom. The van der Waals surface area contributed by atoms with Crippen LogP contribution in [0, 0.1) is 13.8 Å². The molecule has 0 aliphatic rings. The van der Waals surface area contributed by atoms with Crippen LogP contribution in [0.2, 0.25) is 0 Å². The fourth-order valence-electron chi connectivity index (χ4n) is 2.52. The monoisotopic (exact) mass is 342 g/mol. The number of para-hydroxylation sites is 1. The maximum absolute atomic E-state index is 11.8. The summed E-state index contributed by atoms with van der Waals surface area (Å²) >= 11 is 0. The van der Waals surface area contributed by atoms with Gasteiger partial charge in [-0.2, -0.15) is 0 Å². The van der Waals surface area contributed by atoms with Gasteiger partial charge in [0.1, 0.15) is 18.1 Å². The standard InChI is InChI=1S/C20H26N2O3/c1-15-5-4-6-16(2)19(15)25-14-13-22-20(23)21-12-11-17-7-9-18(24-3)10-8-17/h4-10H,11-14H2,1-3H3,(H2,21,22,23). The summed E-state index contributed by atoms with van der Waals surface area (Å²) in [5.74, 6) is 1.72. The van der Waals surface area contributed by atoms with Crippen molar-refractivity contribution in [2.75, 3.05) is 26.8 Å². The summed E-state index contributed by atoms with van der Waals surface area (Å²) < 4.78 is 10.9. The summed E-state index contributed by atoms with van der Waals surface area (Å²) in [5, 5.41) is 5.65. The number of hydrogen-bond donors (Lipinski definition) is 2. The predicted octanol–water partition coefficient (Wildman–Crippen LogP) is 3.23. The molecule has 0 radical (unpaired) electrons. The molecule has 25 heavy (non-hydrogen) atoms. The highest BCUT2D eigenvalue weighted by Crippen LogP contribution is 2.21. The maximum Gasteiger partial charge on any atom is 0.314 e. The van der Waals surface area contributed by atoms with Crippen LogP contribution in [0.15, 0.2) is 42.5 Å². The Kier molecular flexibility index (Phi) is 7.14. The molecule has 0 spiro atoms. The van der Waals surface area contributed by atoms with Gasteiger partial charge in [0.05, 0.1) is 13.7 Å². The second kappa shape index (κ2) is 9.57. The van der Waals surface area contributed by atoms with Crippen molar-refractivity contribution < 1.29 is 14.3 Å². The minimum absolute atomic E-state index is 0.182. The number of urea groups is 1. The van der Waals surface area contributed by atoms with Crippen LogP contribution in [0.25, 0.3) is 0 Å². The van der Waals surface area contributed by atoms with Gasteiger partial charge in [0.2, 0.25) is 0 Å². The highest BCUT2D eigenvalue weighted by molar-refractivity contribution is 5.73. The molecule has 0 unspecified atom stereocenters. The third-order valence-corrected chi connectivity index (χ3v) is 3.90. The van der Waals surface area contributed by atoms with Gasteiger partial charge in [-0.1, -0.05) is 30.3 Å². The lowest BCUT2D eigenvalue weighted by molar-refractivity contribution is 0.236. The molecule has 0 aliphatic carbocycles. The fraction of sp³-hybridized carbons (Fsp3) is 0.350. The lowest BCUT2D eigenvalue weighted by Gasteiger charge is -2.12. The van der Waals surface area contributed by atoms with Crippen LogP contribution in [0.4, 0.5) is 4.79 Å². The van der Waals surface area contributed by atoms with Crippen LogP contribution in [0.1, 0.15) is 16.7 Å². The molecule has 5 nitrogen and oxygen atoms in total. The SMILES string of the molecule is COc1ccc(CCNC(=O)NCCOc2c(C)cccc2C)cc1. The number of hydrogen-bond acceptors (Lipinski definition) is 3. The Morgan fingerprint density at radius 3 is 2.24 bits per heavy atom. The summed E-state index contributed by atoms with van der Waals surface area (Å²) in [5.41, 5.74) is 3.35. The highest BCUT2D eigenvalue weighted by Gasteiger charge is 2.04. The van der Waals surface area contributed by atoms with Gasteiger partial charge >= 0.3 is 6.03 Å². The van der Waals surface area contributed by atoms with E-state index in [1.54, 1.807) is 7.11 Å². The lowest BCUT2D eigenvalue weighted by atomic mass is 10.1. The molecule has 0 saturated carbocycles. The number of aryl methyl sites for hydroxylation is 2. The van der Waals surface area contributed by atoms with Gasteiger partial charge in [0.25, 0.3) is 0 Å². The number of amides is 2. The number of benzene rings is 2. The van der Waals surface area contributed by atoms with E-state index in [-0.39, 0.29) is 6.03 Å². The van der Waals surface area contributed by atoms with E-state index in [1.165, 1.54) is 0 Å². The molecule has 0 saturated heterocycles. The van der Waals surface area contributed by atoms with Gasteiger partial charge < -0.3 is 20.1 Å². The average Bonchev–Trinajstić information content (AvgIpc) is 2.61. The fourth-order valence-corrected chi connectivity index (χ4v) is 2.52. The Hall–Kier alpha value is -2.69. The van der Waals surface area contributed by atoms with E-state index in [1.807, 2.05) is 56.3 Å². The Bertz CT molecular complexity index is 664. The molecule has 0 aromatic heterocycles. The van der Waals surface area contributed by atoms with Crippen molar-refractivity contribution in [2.45, 2.75) is 20.3 Å². The van der Waals surface area contributed by atoms with E-state index in [4.69, 9.17) is 9.47 Å². The molecular weight excluding hydrogens is 316 g/mol. The quantitative estimate of drug-likeness (QED) is 0.724. The number of nitrogens with one attached hydrogen (secondary N) is 2. The van der Waals surface area contributed by atoms with Gasteiger partial charge in [-0.3, -0.25) is 0 Å². The number of carbonyl (C=O) groups excluding carboxylic acids is 1. The van der Waals surface area contributed by atoms with E-state index in [9.17, 15) is 4.79 Å². The van der Waals surface area contributed by atoms with Crippen molar-refractivity contribution in [1.29, 1.82) is 0 Å². The molecule has 0 atom stereocenters. The smallest absolute Gasteiger partial charge is 0.314 e. The van der Waals surface area contributed by atoms with Crippen LogP contribution in [0.5, 0.6) is 11.5 Å². The molecule has 0 aliphatic heterocycles. The van der Waals surface area contributed by atoms with Gasteiger partial charge in [-0.25, -0.2) is 4.79 Å². The molecular formula is C20H26N2O3. The number of methoxy groups -OCH3 is 1. The first-order valence-electron chi connectivity index (χ1n) is 8.44. The van der Waals surface area contributed by atoms with Gasteiger partial charge in [-0.15, -0.1) is 0 Å². The molecule has 0 heterocycles. The molecule has 2 aromatic rings. The van der Waals surface area contributed by atoms with Gasteiger partial charge in [0, 0.05) is 6.54 Å². The van der Waals surface area contributed by atoms with E-state index in [0.717, 1.165) is 34.6 Å². The van der Waals surface area contributed by atoms with Crippen LogP contribution in [-0.2, 0) is 6.42 Å². The maximum atomic E-state index is 11.8. The molecule has 0 bridgehead atoms. The van der Waals surface area contributed by atoms with Crippen molar-refractivity contribution in [1.82, 2.24) is 10.6 Å². The zero-order valence-corrected chi connectivity index (χ0v) is 15.1. The van der Waals surface area contributed by atoms with Crippen LogP contribution in [-0.4, -0.2) is 32.8 Å². The lowest BCUT2D eigenvalue weighted by Crippen LogP contribution is -2.38. The van der Waals surface area contributed by atoms with Crippen molar-refractivity contribution >= 4 is 6.03 Å². The summed E-state index contributed by atoms with van der Waals surface area (Å²) in [7, 11) is 1.64.